The van der Waals surface area contributed by atoms with E-state index in [4.69, 9.17) is 4.74 Å². The van der Waals surface area contributed by atoms with Crippen molar-refractivity contribution in [1.82, 2.24) is 15.6 Å². The highest BCUT2D eigenvalue weighted by Gasteiger charge is 2.36. The first-order chi connectivity index (χ1) is 14.2. The van der Waals surface area contributed by atoms with E-state index in [1.54, 1.807) is 0 Å². The summed E-state index contributed by atoms with van der Waals surface area (Å²) in [6.07, 6.45) is -2.73. The lowest BCUT2D eigenvalue weighted by Crippen LogP contribution is -2.43. The van der Waals surface area contributed by atoms with E-state index < -0.39 is 17.6 Å². The number of halogens is 3. The molecule has 6 nitrogen and oxygen atoms in total. The first kappa shape index (κ1) is 22.8. The minimum absolute atomic E-state index is 0.00782. The van der Waals surface area contributed by atoms with Crippen LogP contribution in [0.3, 0.4) is 0 Å². The highest BCUT2D eigenvalue weighted by Crippen LogP contribution is 2.40. The van der Waals surface area contributed by atoms with Crippen LogP contribution >= 0.6 is 11.3 Å². The van der Waals surface area contributed by atoms with Crippen molar-refractivity contribution in [3.63, 3.8) is 0 Å². The van der Waals surface area contributed by atoms with Gasteiger partial charge < -0.3 is 20.3 Å². The average molecular weight is 445 g/mol. The van der Waals surface area contributed by atoms with Crippen molar-refractivity contribution in [3.05, 3.63) is 22.6 Å². The van der Waals surface area contributed by atoms with Crippen LogP contribution in [0.4, 0.5) is 19.0 Å². The van der Waals surface area contributed by atoms with Gasteiger partial charge in [-0.05, 0) is 32.8 Å². The Morgan fingerprint density at radius 2 is 2.07 bits per heavy atom. The molecule has 0 spiro atoms. The zero-order chi connectivity index (χ0) is 21.9. The molecule has 10 heteroatoms. The number of rotatable bonds is 7. The summed E-state index contributed by atoms with van der Waals surface area (Å²) < 4.78 is 46.6. The molecule has 0 saturated carbocycles. The van der Waals surface area contributed by atoms with Gasteiger partial charge in [-0.3, -0.25) is 4.79 Å². The molecule has 1 aliphatic heterocycles. The minimum atomic E-state index is -4.52. The number of alkyl halides is 3. The topological polar surface area (TPSA) is 66.5 Å². The number of carbonyl (C=O) groups is 1. The molecule has 3 rings (SSSR count). The zero-order valence-electron chi connectivity index (χ0n) is 17.3. The van der Waals surface area contributed by atoms with Crippen molar-refractivity contribution in [3.8, 4) is 0 Å². The maximum Gasteiger partial charge on any atom is 0.417 e. The van der Waals surface area contributed by atoms with Crippen molar-refractivity contribution < 1.29 is 22.7 Å². The van der Waals surface area contributed by atoms with E-state index in [9.17, 15) is 18.0 Å². The molecule has 1 saturated heterocycles. The number of anilines is 1. The molecule has 30 heavy (non-hydrogen) atoms. The van der Waals surface area contributed by atoms with Crippen molar-refractivity contribution in [1.29, 1.82) is 0 Å². The first-order valence-corrected chi connectivity index (χ1v) is 10.9. The molecule has 1 amide bonds. The Morgan fingerprint density at radius 3 is 2.67 bits per heavy atom. The lowest BCUT2D eigenvalue weighted by Gasteiger charge is -2.33. The highest BCUT2D eigenvalue weighted by molar-refractivity contribution is 7.17. The second-order valence-electron chi connectivity index (χ2n) is 7.57. The van der Waals surface area contributed by atoms with E-state index in [-0.39, 0.29) is 27.7 Å². The Bertz CT molecular complexity index is 877. The number of carbonyl (C=O) groups excluding carboxylic acids is 1. The average Bonchev–Trinajstić information content (AvgIpc) is 3.13. The molecular formula is C20H27F3N4O2S. The maximum absolute atomic E-state index is 13.7. The monoisotopic (exact) mass is 444 g/mol. The number of fused-ring (bicyclic) bond motifs is 1. The SMILES string of the molecule is CNC(=O)c1csc2c(C(F)(F)F)cc(N3CCC(NCCOC(C)C)CC3)nc12. The molecule has 166 valence electrons. The van der Waals surface area contributed by atoms with Gasteiger partial charge in [0.15, 0.2) is 0 Å². The van der Waals surface area contributed by atoms with Gasteiger partial charge >= 0.3 is 6.18 Å². The first-order valence-electron chi connectivity index (χ1n) is 10.0. The van der Waals surface area contributed by atoms with E-state index in [0.717, 1.165) is 36.8 Å². The molecule has 2 aromatic heterocycles. The fourth-order valence-electron chi connectivity index (χ4n) is 3.53. The Balaban J connectivity index is 1.77. The number of pyridine rings is 1. The van der Waals surface area contributed by atoms with Crippen LogP contribution in [0.25, 0.3) is 10.2 Å². The summed E-state index contributed by atoms with van der Waals surface area (Å²) in [5.74, 6) is -0.175. The van der Waals surface area contributed by atoms with Crippen molar-refractivity contribution in [2.45, 2.75) is 45.0 Å². The van der Waals surface area contributed by atoms with Crippen LogP contribution in [0.1, 0.15) is 42.6 Å². The number of thiophene rings is 1. The molecule has 0 unspecified atom stereocenters. The lowest BCUT2D eigenvalue weighted by molar-refractivity contribution is -0.136. The second-order valence-corrected chi connectivity index (χ2v) is 8.45. The van der Waals surface area contributed by atoms with Gasteiger partial charge in [0.1, 0.15) is 5.82 Å². The fourth-order valence-corrected chi connectivity index (χ4v) is 4.56. The van der Waals surface area contributed by atoms with Crippen LogP contribution in [0, 0.1) is 0 Å². The van der Waals surface area contributed by atoms with E-state index >= 15 is 0 Å². The van der Waals surface area contributed by atoms with Gasteiger partial charge in [0, 0.05) is 38.1 Å². The van der Waals surface area contributed by atoms with Gasteiger partial charge in [-0.1, -0.05) is 0 Å². The van der Waals surface area contributed by atoms with Crippen molar-refractivity contribution >= 4 is 33.3 Å². The third kappa shape index (κ3) is 5.22. The van der Waals surface area contributed by atoms with Crippen LogP contribution in [0.5, 0.6) is 0 Å². The van der Waals surface area contributed by atoms with Gasteiger partial charge in [-0.25, -0.2) is 4.98 Å². The molecule has 0 bridgehead atoms. The van der Waals surface area contributed by atoms with Crippen LogP contribution < -0.4 is 15.5 Å². The molecular weight excluding hydrogens is 417 g/mol. The summed E-state index contributed by atoms with van der Waals surface area (Å²) in [7, 11) is 1.45. The molecule has 1 aliphatic rings. The summed E-state index contributed by atoms with van der Waals surface area (Å²) in [6.45, 7) is 6.54. The zero-order valence-corrected chi connectivity index (χ0v) is 18.1. The van der Waals surface area contributed by atoms with Crippen molar-refractivity contribution in [2.75, 3.05) is 38.2 Å². The molecule has 2 N–H and O–H groups in total. The number of nitrogens with zero attached hydrogens (tertiary/aromatic N) is 2. The minimum Gasteiger partial charge on any atom is -0.377 e. The third-order valence-corrected chi connectivity index (χ3v) is 6.09. The summed E-state index contributed by atoms with van der Waals surface area (Å²) in [5.41, 5.74) is -0.462. The standard InChI is InChI=1S/C20H27F3N4O2S/c1-12(2)29-9-6-25-13-4-7-27(8-5-13)16-10-15(20(21,22)23)18-17(26-16)14(11-30-18)19(28)24-3/h10-13,25H,4-9H2,1-3H3,(H,24,28). The van der Waals surface area contributed by atoms with Crippen LogP contribution in [0.15, 0.2) is 11.4 Å². The predicted molar refractivity (Wildman–Crippen MR) is 112 cm³/mol. The van der Waals surface area contributed by atoms with E-state index in [2.05, 4.69) is 15.6 Å². The van der Waals surface area contributed by atoms with Crippen molar-refractivity contribution in [2.24, 2.45) is 0 Å². The summed E-state index contributed by atoms with van der Waals surface area (Å²) in [6, 6.07) is 1.40. The van der Waals surface area contributed by atoms with E-state index in [1.807, 2.05) is 18.7 Å². The Morgan fingerprint density at radius 1 is 1.37 bits per heavy atom. The van der Waals surface area contributed by atoms with E-state index in [1.165, 1.54) is 12.4 Å². The van der Waals surface area contributed by atoms with E-state index in [0.29, 0.717) is 25.7 Å². The fraction of sp³-hybridized carbons (Fsp3) is 0.600. The largest absolute Gasteiger partial charge is 0.417 e. The van der Waals surface area contributed by atoms with Crippen LogP contribution in [-0.4, -0.2) is 56.3 Å². The normalized spacial score (nSPS) is 15.9. The van der Waals surface area contributed by atoms with Gasteiger partial charge in [0.05, 0.1) is 34.1 Å². The molecule has 3 heterocycles. The number of ether oxygens (including phenoxy) is 1. The number of nitrogens with one attached hydrogen (secondary N) is 2. The molecule has 2 aromatic rings. The Kier molecular flexibility index (Phi) is 7.20. The summed E-state index contributed by atoms with van der Waals surface area (Å²) >= 11 is 0.896. The number of piperidine rings is 1. The van der Waals surface area contributed by atoms with Gasteiger partial charge in [0.25, 0.3) is 5.91 Å². The predicted octanol–water partition coefficient (Wildman–Crippen LogP) is 3.66. The molecule has 0 radical (unpaired) electrons. The number of aromatic nitrogens is 1. The highest BCUT2D eigenvalue weighted by atomic mass is 32.1. The van der Waals surface area contributed by atoms with Gasteiger partial charge in [-0.15, -0.1) is 11.3 Å². The molecule has 0 aromatic carbocycles. The smallest absolute Gasteiger partial charge is 0.377 e. The molecule has 0 atom stereocenters. The third-order valence-electron chi connectivity index (χ3n) is 5.09. The number of hydrogen-bond acceptors (Lipinski definition) is 6. The van der Waals surface area contributed by atoms with Gasteiger partial charge in [0.2, 0.25) is 0 Å². The summed E-state index contributed by atoms with van der Waals surface area (Å²) in [4.78, 5) is 18.4. The quantitative estimate of drug-likeness (QED) is 0.638. The molecule has 0 aliphatic carbocycles. The lowest BCUT2D eigenvalue weighted by atomic mass is 10.0. The van der Waals surface area contributed by atoms with Gasteiger partial charge in [-0.2, -0.15) is 13.2 Å². The maximum atomic E-state index is 13.7. The van der Waals surface area contributed by atoms with Crippen LogP contribution in [-0.2, 0) is 10.9 Å². The molecule has 1 fully saturated rings. The van der Waals surface area contributed by atoms with Crippen LogP contribution in [0.2, 0.25) is 0 Å². The number of amides is 1. The Labute approximate surface area is 177 Å². The number of hydrogen-bond donors (Lipinski definition) is 2. The Hall–Kier alpha value is -1.91. The second kappa shape index (κ2) is 9.49. The summed E-state index contributed by atoms with van der Waals surface area (Å²) in [5, 5.41) is 7.34.